The minimum absolute atomic E-state index is 0.249. The van der Waals surface area contributed by atoms with E-state index in [4.69, 9.17) is 16.3 Å². The Morgan fingerprint density at radius 2 is 2.42 bits per heavy atom. The first-order chi connectivity index (χ1) is 9.33. The Morgan fingerprint density at radius 3 is 3.32 bits per heavy atom. The van der Waals surface area contributed by atoms with Crippen LogP contribution in [0.25, 0.3) is 0 Å². The summed E-state index contributed by atoms with van der Waals surface area (Å²) in [6.07, 6.45) is 7.62. The first-order valence-electron chi connectivity index (χ1n) is 7.02. The number of fused-ring (bicyclic) bond motifs is 1. The van der Waals surface area contributed by atoms with Gasteiger partial charge in [0, 0.05) is 31.5 Å². The smallest absolute Gasteiger partial charge is 0.0874 e. The first-order valence-corrected chi connectivity index (χ1v) is 7.40. The van der Waals surface area contributed by atoms with Gasteiger partial charge in [0.05, 0.1) is 23.4 Å². The molecule has 2 fully saturated rings. The summed E-state index contributed by atoms with van der Waals surface area (Å²) in [6, 6.07) is 2.55. The molecule has 0 aromatic carbocycles. The minimum atomic E-state index is 0.249. The third-order valence-corrected chi connectivity index (χ3v) is 4.31. The molecule has 3 rings (SSSR count). The number of nitrogens with zero attached hydrogens (tertiary/aromatic N) is 2. The van der Waals surface area contributed by atoms with Crippen LogP contribution in [0.5, 0.6) is 0 Å². The number of hydrogen-bond donors (Lipinski definition) is 1. The van der Waals surface area contributed by atoms with Crippen LogP contribution >= 0.6 is 11.6 Å². The van der Waals surface area contributed by atoms with Gasteiger partial charge in [0.1, 0.15) is 0 Å². The Labute approximate surface area is 119 Å². The number of rotatable bonds is 3. The molecule has 0 saturated carbocycles. The molecule has 2 aliphatic heterocycles. The highest BCUT2D eigenvalue weighted by Crippen LogP contribution is 2.23. The molecule has 1 N–H and O–H groups in total. The van der Waals surface area contributed by atoms with Gasteiger partial charge in [-0.05, 0) is 25.5 Å². The molecular weight excluding hydrogens is 262 g/mol. The lowest BCUT2D eigenvalue weighted by molar-refractivity contribution is -0.0688. The topological polar surface area (TPSA) is 37.4 Å². The molecule has 0 aliphatic carbocycles. The summed E-state index contributed by atoms with van der Waals surface area (Å²) in [5.74, 6) is 0. The summed E-state index contributed by atoms with van der Waals surface area (Å²) < 4.78 is 5.95. The molecule has 0 bridgehead atoms. The molecule has 1 aromatic rings. The number of aromatic nitrogens is 1. The molecule has 1 aromatic heterocycles. The number of pyridine rings is 1. The molecule has 2 atom stereocenters. The highest BCUT2D eigenvalue weighted by molar-refractivity contribution is 6.33. The SMILES string of the molecule is Clc1cnccc1NCC1CN2CCCCC2CO1. The monoisotopic (exact) mass is 281 g/mol. The van der Waals surface area contributed by atoms with Gasteiger partial charge in [0.15, 0.2) is 0 Å². The summed E-state index contributed by atoms with van der Waals surface area (Å²) in [5.41, 5.74) is 0.932. The van der Waals surface area contributed by atoms with Crippen LogP contribution in [0.4, 0.5) is 5.69 Å². The molecule has 3 heterocycles. The molecule has 0 radical (unpaired) electrons. The van der Waals surface area contributed by atoms with Gasteiger partial charge in [-0.1, -0.05) is 18.0 Å². The molecule has 2 saturated heterocycles. The molecule has 2 aliphatic rings. The van der Waals surface area contributed by atoms with Crippen LogP contribution < -0.4 is 5.32 Å². The largest absolute Gasteiger partial charge is 0.381 e. The molecule has 0 spiro atoms. The predicted molar refractivity (Wildman–Crippen MR) is 76.7 cm³/mol. The maximum absolute atomic E-state index is 6.08. The minimum Gasteiger partial charge on any atom is -0.381 e. The molecular formula is C14H20ClN3O. The maximum Gasteiger partial charge on any atom is 0.0874 e. The zero-order valence-corrected chi connectivity index (χ0v) is 11.8. The van der Waals surface area contributed by atoms with Crippen molar-refractivity contribution in [2.75, 3.05) is 31.6 Å². The summed E-state index contributed by atoms with van der Waals surface area (Å²) >= 11 is 6.08. The van der Waals surface area contributed by atoms with Gasteiger partial charge >= 0.3 is 0 Å². The second-order valence-electron chi connectivity index (χ2n) is 5.34. The maximum atomic E-state index is 6.08. The average Bonchev–Trinajstić information content (AvgIpc) is 2.46. The number of hydrogen-bond acceptors (Lipinski definition) is 4. The number of morpholine rings is 1. The van der Waals surface area contributed by atoms with Crippen LogP contribution in [0.2, 0.25) is 5.02 Å². The van der Waals surface area contributed by atoms with Crippen molar-refractivity contribution in [1.29, 1.82) is 0 Å². The summed E-state index contributed by atoms with van der Waals surface area (Å²) in [6.45, 7) is 3.92. The van der Waals surface area contributed by atoms with E-state index in [1.165, 1.54) is 25.8 Å². The van der Waals surface area contributed by atoms with Crippen molar-refractivity contribution in [3.63, 3.8) is 0 Å². The molecule has 5 heteroatoms. The zero-order valence-electron chi connectivity index (χ0n) is 11.0. The van der Waals surface area contributed by atoms with Crippen LogP contribution in [0.1, 0.15) is 19.3 Å². The lowest BCUT2D eigenvalue weighted by Crippen LogP contribution is -2.53. The number of anilines is 1. The Kier molecular flexibility index (Phi) is 4.21. The zero-order chi connectivity index (χ0) is 13.1. The van der Waals surface area contributed by atoms with E-state index in [9.17, 15) is 0 Å². The van der Waals surface area contributed by atoms with Gasteiger partial charge in [0.2, 0.25) is 0 Å². The molecule has 4 nitrogen and oxygen atoms in total. The second kappa shape index (κ2) is 6.07. The van der Waals surface area contributed by atoms with Crippen LogP contribution in [0, 0.1) is 0 Å². The van der Waals surface area contributed by atoms with Crippen LogP contribution in [0.15, 0.2) is 18.5 Å². The summed E-state index contributed by atoms with van der Waals surface area (Å²) in [5, 5.41) is 4.02. The van der Waals surface area contributed by atoms with Gasteiger partial charge in [0.25, 0.3) is 0 Å². The standard InChI is InChI=1S/C14H20ClN3O/c15-13-8-16-5-4-14(13)17-7-12-9-18-6-2-1-3-11(18)10-19-12/h4-5,8,11-12H,1-3,6-7,9-10H2,(H,16,17). The fraction of sp³-hybridized carbons (Fsp3) is 0.643. The quantitative estimate of drug-likeness (QED) is 0.923. The Bertz CT molecular complexity index is 429. The van der Waals surface area contributed by atoms with Gasteiger partial charge < -0.3 is 10.1 Å². The number of piperidine rings is 1. The fourth-order valence-electron chi connectivity index (χ4n) is 2.92. The van der Waals surface area contributed by atoms with E-state index in [1.54, 1.807) is 12.4 Å². The molecule has 104 valence electrons. The van der Waals surface area contributed by atoms with E-state index in [1.807, 2.05) is 6.07 Å². The van der Waals surface area contributed by atoms with Crippen molar-refractivity contribution >= 4 is 17.3 Å². The van der Waals surface area contributed by atoms with E-state index in [2.05, 4.69) is 15.2 Å². The van der Waals surface area contributed by atoms with Crippen LogP contribution in [0.3, 0.4) is 0 Å². The van der Waals surface area contributed by atoms with Crippen molar-refractivity contribution < 1.29 is 4.74 Å². The number of nitrogens with one attached hydrogen (secondary N) is 1. The fourth-order valence-corrected chi connectivity index (χ4v) is 3.10. The van der Waals surface area contributed by atoms with Crippen molar-refractivity contribution in [2.45, 2.75) is 31.4 Å². The van der Waals surface area contributed by atoms with Gasteiger partial charge in [-0.3, -0.25) is 9.88 Å². The number of halogens is 1. The van der Waals surface area contributed by atoms with Crippen molar-refractivity contribution in [3.8, 4) is 0 Å². The Morgan fingerprint density at radius 1 is 1.47 bits per heavy atom. The number of ether oxygens (including phenoxy) is 1. The van der Waals surface area contributed by atoms with Crippen molar-refractivity contribution in [2.24, 2.45) is 0 Å². The van der Waals surface area contributed by atoms with Crippen LogP contribution in [-0.4, -0.2) is 48.3 Å². The van der Waals surface area contributed by atoms with E-state index < -0.39 is 0 Å². The van der Waals surface area contributed by atoms with E-state index in [0.29, 0.717) is 11.1 Å². The molecule has 0 amide bonds. The van der Waals surface area contributed by atoms with E-state index >= 15 is 0 Å². The molecule has 19 heavy (non-hydrogen) atoms. The van der Waals surface area contributed by atoms with Crippen LogP contribution in [-0.2, 0) is 4.74 Å². The first kappa shape index (κ1) is 13.2. The second-order valence-corrected chi connectivity index (χ2v) is 5.74. The third kappa shape index (κ3) is 3.19. The van der Waals surface area contributed by atoms with Gasteiger partial charge in [-0.25, -0.2) is 0 Å². The van der Waals surface area contributed by atoms with E-state index in [0.717, 1.165) is 25.4 Å². The Balaban J connectivity index is 1.52. The predicted octanol–water partition coefficient (Wildman–Crippen LogP) is 2.40. The van der Waals surface area contributed by atoms with Crippen molar-refractivity contribution in [3.05, 3.63) is 23.5 Å². The highest BCUT2D eigenvalue weighted by Gasteiger charge is 2.30. The van der Waals surface area contributed by atoms with Gasteiger partial charge in [-0.2, -0.15) is 0 Å². The lowest BCUT2D eigenvalue weighted by Gasteiger charge is -2.42. The lowest BCUT2D eigenvalue weighted by atomic mass is 10.0. The highest BCUT2D eigenvalue weighted by atomic mass is 35.5. The van der Waals surface area contributed by atoms with E-state index in [-0.39, 0.29) is 6.10 Å². The van der Waals surface area contributed by atoms with Crippen molar-refractivity contribution in [1.82, 2.24) is 9.88 Å². The summed E-state index contributed by atoms with van der Waals surface area (Å²) in [4.78, 5) is 6.56. The normalized spacial score (nSPS) is 27.8. The average molecular weight is 282 g/mol. The Hall–Kier alpha value is -0.840. The third-order valence-electron chi connectivity index (χ3n) is 4.00. The molecule has 2 unspecified atom stereocenters. The summed E-state index contributed by atoms with van der Waals surface area (Å²) in [7, 11) is 0. The van der Waals surface area contributed by atoms with Gasteiger partial charge in [-0.15, -0.1) is 0 Å².